The minimum Gasteiger partial charge on any atom is -0.416 e. The number of carbonyl (C=O) groups excluding carboxylic acids is 1. The third-order valence-electron chi connectivity index (χ3n) is 4.17. The molecule has 0 saturated carbocycles. The minimum absolute atomic E-state index is 0.00500. The SMILES string of the molecule is C[C@H](Sc1nnc(C[C@H]2CCS(=O)(=O)C2)o1)C(=O)Nc1ccc(C#N)cc1. The summed E-state index contributed by atoms with van der Waals surface area (Å²) < 4.78 is 28.6. The van der Waals surface area contributed by atoms with Crippen LogP contribution in [0, 0.1) is 17.2 Å². The fraction of sp³-hybridized carbons (Fsp3) is 0.412. The Hall–Kier alpha value is -2.38. The van der Waals surface area contributed by atoms with Crippen LogP contribution >= 0.6 is 11.8 Å². The highest BCUT2D eigenvalue weighted by Crippen LogP contribution is 2.26. The van der Waals surface area contributed by atoms with E-state index in [4.69, 9.17) is 9.68 Å². The van der Waals surface area contributed by atoms with Crippen LogP contribution in [-0.4, -0.2) is 41.3 Å². The quantitative estimate of drug-likeness (QED) is 0.722. The molecule has 0 unspecified atom stereocenters. The van der Waals surface area contributed by atoms with Gasteiger partial charge >= 0.3 is 0 Å². The molecule has 1 aliphatic rings. The molecule has 2 heterocycles. The van der Waals surface area contributed by atoms with Crippen LogP contribution in [0.2, 0.25) is 0 Å². The lowest BCUT2D eigenvalue weighted by molar-refractivity contribution is -0.115. The molecule has 1 amide bonds. The van der Waals surface area contributed by atoms with Crippen molar-refractivity contribution >= 4 is 33.2 Å². The number of benzene rings is 1. The van der Waals surface area contributed by atoms with Crippen molar-refractivity contribution < 1.29 is 17.6 Å². The zero-order chi connectivity index (χ0) is 19.4. The van der Waals surface area contributed by atoms with E-state index in [1.807, 2.05) is 6.07 Å². The van der Waals surface area contributed by atoms with Crippen LogP contribution in [0.5, 0.6) is 0 Å². The summed E-state index contributed by atoms with van der Waals surface area (Å²) in [5, 5.41) is 19.2. The van der Waals surface area contributed by atoms with Gasteiger partial charge in [0.25, 0.3) is 5.22 Å². The van der Waals surface area contributed by atoms with Crippen LogP contribution in [0.25, 0.3) is 0 Å². The summed E-state index contributed by atoms with van der Waals surface area (Å²) in [4.78, 5) is 12.3. The predicted octanol–water partition coefficient (Wildman–Crippen LogP) is 2.04. The Morgan fingerprint density at radius 3 is 2.78 bits per heavy atom. The van der Waals surface area contributed by atoms with Gasteiger partial charge in [0.1, 0.15) is 0 Å². The van der Waals surface area contributed by atoms with Crippen LogP contribution in [0.3, 0.4) is 0 Å². The van der Waals surface area contributed by atoms with E-state index in [0.29, 0.717) is 30.0 Å². The lowest BCUT2D eigenvalue weighted by Gasteiger charge is -2.09. The highest BCUT2D eigenvalue weighted by Gasteiger charge is 2.29. The van der Waals surface area contributed by atoms with Gasteiger partial charge in [0.15, 0.2) is 9.84 Å². The average molecular weight is 406 g/mol. The molecule has 2 atom stereocenters. The number of nitriles is 1. The Balaban J connectivity index is 1.53. The second-order valence-corrected chi connectivity index (χ2v) is 9.89. The van der Waals surface area contributed by atoms with Crippen molar-refractivity contribution in [3.05, 3.63) is 35.7 Å². The highest BCUT2D eigenvalue weighted by atomic mass is 32.2. The number of amides is 1. The summed E-state index contributed by atoms with van der Waals surface area (Å²) in [5.74, 6) is 0.525. The Morgan fingerprint density at radius 2 is 2.15 bits per heavy atom. The van der Waals surface area contributed by atoms with Gasteiger partial charge in [-0.3, -0.25) is 4.79 Å². The maximum absolute atomic E-state index is 12.3. The summed E-state index contributed by atoms with van der Waals surface area (Å²) in [6.07, 6.45) is 1.04. The summed E-state index contributed by atoms with van der Waals surface area (Å²) in [6, 6.07) is 8.59. The Kier molecular flexibility index (Phi) is 5.82. The fourth-order valence-electron chi connectivity index (χ4n) is 2.72. The molecule has 1 N–H and O–H groups in total. The molecule has 1 saturated heterocycles. The Labute approximate surface area is 161 Å². The maximum Gasteiger partial charge on any atom is 0.277 e. The van der Waals surface area contributed by atoms with Crippen molar-refractivity contribution in [3.8, 4) is 6.07 Å². The zero-order valence-corrected chi connectivity index (χ0v) is 16.2. The average Bonchev–Trinajstić information content (AvgIpc) is 3.21. The van der Waals surface area contributed by atoms with Gasteiger partial charge in [0, 0.05) is 12.1 Å². The van der Waals surface area contributed by atoms with Gasteiger partial charge in [0.2, 0.25) is 11.8 Å². The molecule has 1 aliphatic heterocycles. The molecule has 1 aromatic heterocycles. The molecule has 0 spiro atoms. The number of nitrogens with one attached hydrogen (secondary N) is 1. The van der Waals surface area contributed by atoms with Crippen molar-refractivity contribution in [2.75, 3.05) is 16.8 Å². The van der Waals surface area contributed by atoms with Gasteiger partial charge in [-0.15, -0.1) is 10.2 Å². The van der Waals surface area contributed by atoms with Crippen LogP contribution < -0.4 is 5.32 Å². The Morgan fingerprint density at radius 1 is 1.41 bits per heavy atom. The summed E-state index contributed by atoms with van der Waals surface area (Å²) in [6.45, 7) is 1.72. The van der Waals surface area contributed by atoms with E-state index in [1.165, 1.54) is 0 Å². The number of thioether (sulfide) groups is 1. The van der Waals surface area contributed by atoms with Crippen LogP contribution in [0.4, 0.5) is 5.69 Å². The molecule has 2 aromatic rings. The summed E-state index contributed by atoms with van der Waals surface area (Å²) >= 11 is 1.13. The molecule has 27 heavy (non-hydrogen) atoms. The normalized spacial score (nSPS) is 19.3. The van der Waals surface area contributed by atoms with E-state index < -0.39 is 15.1 Å². The zero-order valence-electron chi connectivity index (χ0n) is 14.6. The smallest absolute Gasteiger partial charge is 0.277 e. The number of nitrogens with zero attached hydrogens (tertiary/aromatic N) is 3. The van der Waals surface area contributed by atoms with Crippen LogP contribution in [0.1, 0.15) is 24.8 Å². The molecule has 1 fully saturated rings. The van der Waals surface area contributed by atoms with Crippen molar-refractivity contribution in [2.24, 2.45) is 5.92 Å². The molecular weight excluding hydrogens is 388 g/mol. The van der Waals surface area contributed by atoms with Gasteiger partial charge < -0.3 is 9.73 Å². The highest BCUT2D eigenvalue weighted by molar-refractivity contribution is 8.00. The standard InChI is InChI=1S/C17H18N4O4S2/c1-11(16(22)19-14-4-2-12(9-18)3-5-14)26-17-21-20-15(25-17)8-13-6-7-27(23,24)10-13/h2-5,11,13H,6-8,10H2,1H3,(H,19,22)/t11-,13+/m0/s1. The third-order valence-corrected chi connectivity index (χ3v) is 6.94. The van der Waals surface area contributed by atoms with E-state index >= 15 is 0 Å². The van der Waals surface area contributed by atoms with Gasteiger partial charge in [-0.05, 0) is 43.5 Å². The van der Waals surface area contributed by atoms with Crippen molar-refractivity contribution in [2.45, 2.75) is 30.2 Å². The summed E-state index contributed by atoms with van der Waals surface area (Å²) in [7, 11) is -2.94. The monoisotopic (exact) mass is 406 g/mol. The van der Waals surface area contributed by atoms with E-state index in [9.17, 15) is 13.2 Å². The van der Waals surface area contributed by atoms with Gasteiger partial charge in [-0.2, -0.15) is 5.26 Å². The number of anilines is 1. The molecule has 0 bridgehead atoms. The first-order chi connectivity index (χ1) is 12.8. The molecule has 0 aliphatic carbocycles. The van der Waals surface area contributed by atoms with Crippen molar-refractivity contribution in [1.82, 2.24) is 10.2 Å². The van der Waals surface area contributed by atoms with Crippen molar-refractivity contribution in [3.63, 3.8) is 0 Å². The molecule has 10 heteroatoms. The first kappa shape index (κ1) is 19.4. The second-order valence-electron chi connectivity index (χ2n) is 6.37. The van der Waals surface area contributed by atoms with Crippen LogP contribution in [0.15, 0.2) is 33.9 Å². The van der Waals surface area contributed by atoms with E-state index in [2.05, 4.69) is 15.5 Å². The number of aromatic nitrogens is 2. The number of hydrogen-bond donors (Lipinski definition) is 1. The maximum atomic E-state index is 12.3. The number of carbonyl (C=O) groups is 1. The number of rotatable bonds is 6. The first-order valence-electron chi connectivity index (χ1n) is 8.35. The fourth-order valence-corrected chi connectivity index (χ4v) is 5.29. The van der Waals surface area contributed by atoms with E-state index in [1.54, 1.807) is 31.2 Å². The number of sulfone groups is 1. The number of hydrogen-bond acceptors (Lipinski definition) is 8. The molecule has 3 rings (SSSR count). The van der Waals surface area contributed by atoms with Crippen LogP contribution in [-0.2, 0) is 21.1 Å². The van der Waals surface area contributed by atoms with Gasteiger partial charge in [-0.1, -0.05) is 11.8 Å². The molecule has 0 radical (unpaired) electrons. The Bertz CT molecular complexity index is 964. The van der Waals surface area contributed by atoms with Crippen molar-refractivity contribution in [1.29, 1.82) is 5.26 Å². The third kappa shape index (κ3) is 5.30. The largest absolute Gasteiger partial charge is 0.416 e. The van der Waals surface area contributed by atoms with E-state index in [-0.39, 0.29) is 28.6 Å². The molecular formula is C17H18N4O4S2. The minimum atomic E-state index is -2.94. The van der Waals surface area contributed by atoms with Gasteiger partial charge in [0.05, 0.1) is 28.4 Å². The molecule has 8 nitrogen and oxygen atoms in total. The lowest BCUT2D eigenvalue weighted by atomic mass is 10.1. The van der Waals surface area contributed by atoms with E-state index in [0.717, 1.165) is 11.8 Å². The van der Waals surface area contributed by atoms with Gasteiger partial charge in [-0.25, -0.2) is 8.42 Å². The topological polar surface area (TPSA) is 126 Å². The lowest BCUT2D eigenvalue weighted by Crippen LogP contribution is -2.22. The first-order valence-corrected chi connectivity index (χ1v) is 11.1. The summed E-state index contributed by atoms with van der Waals surface area (Å²) in [5.41, 5.74) is 1.11. The predicted molar refractivity (Wildman–Crippen MR) is 99.9 cm³/mol. The molecule has 142 valence electrons. The second kappa shape index (κ2) is 8.10. The molecule has 1 aromatic carbocycles.